The van der Waals surface area contributed by atoms with Gasteiger partial charge in [0.15, 0.2) is 11.9 Å². The van der Waals surface area contributed by atoms with Crippen LogP contribution in [0.5, 0.6) is 0 Å². The highest BCUT2D eigenvalue weighted by atomic mass is 127. The minimum absolute atomic E-state index is 0. The Hall–Kier alpha value is -0.120. The molecule has 2 heteroatoms. The molecule has 1 aliphatic carbocycles. The number of H-pyrrole nitrogens is 1. The molecule has 1 heterocycles. The highest BCUT2D eigenvalue weighted by Gasteiger charge is 2.13. The molecule has 1 N–H and O–H groups in total. The molecule has 0 bridgehead atoms. The lowest BCUT2D eigenvalue weighted by molar-refractivity contribution is -0.388. The number of aromatic amines is 1. The molecule has 0 radical (unpaired) electrons. The van der Waals surface area contributed by atoms with E-state index in [-0.39, 0.29) is 24.0 Å². The fourth-order valence-corrected chi connectivity index (χ4v) is 1.90. The van der Waals surface area contributed by atoms with Crippen LogP contribution in [0, 0.1) is 6.92 Å². The van der Waals surface area contributed by atoms with Crippen LogP contribution in [-0.4, -0.2) is 0 Å². The maximum Gasteiger partial charge on any atom is 0.179 e. The molecular weight excluding hydrogens is 261 g/mol. The van der Waals surface area contributed by atoms with Gasteiger partial charge in [-0.15, -0.1) is 0 Å². The summed E-state index contributed by atoms with van der Waals surface area (Å²) in [4.78, 5) is 3.26. The molecule has 1 aromatic rings. The van der Waals surface area contributed by atoms with E-state index in [0.717, 1.165) is 0 Å². The van der Waals surface area contributed by atoms with Gasteiger partial charge in [-0.2, -0.15) is 0 Å². The fourth-order valence-electron chi connectivity index (χ4n) is 1.90. The molecule has 0 spiro atoms. The number of halogens is 1. The van der Waals surface area contributed by atoms with Crippen molar-refractivity contribution in [2.24, 2.45) is 0 Å². The Bertz CT molecular complexity index is 271. The van der Waals surface area contributed by atoms with E-state index >= 15 is 0 Å². The summed E-state index contributed by atoms with van der Waals surface area (Å²) < 4.78 is 0. The summed E-state index contributed by atoms with van der Waals surface area (Å²) in [6.07, 6.45) is 7.35. The van der Waals surface area contributed by atoms with Crippen molar-refractivity contribution in [2.45, 2.75) is 32.6 Å². The Labute approximate surface area is 90.6 Å². The predicted molar refractivity (Wildman–Crippen MR) is 44.4 cm³/mol. The Morgan fingerprint density at radius 1 is 1.25 bits per heavy atom. The van der Waals surface area contributed by atoms with Gasteiger partial charge in [0.1, 0.15) is 0 Å². The van der Waals surface area contributed by atoms with Gasteiger partial charge in [0, 0.05) is 18.6 Å². The quantitative estimate of drug-likeness (QED) is 0.522. The first-order chi connectivity index (χ1) is 5.38. The van der Waals surface area contributed by atoms with Gasteiger partial charge in [-0.25, -0.2) is 4.98 Å². The molecule has 0 saturated carbocycles. The third-order valence-corrected chi connectivity index (χ3v) is 2.55. The topological polar surface area (TPSA) is 14.1 Å². The third-order valence-electron chi connectivity index (χ3n) is 2.55. The van der Waals surface area contributed by atoms with E-state index < -0.39 is 0 Å². The van der Waals surface area contributed by atoms with Crippen LogP contribution in [0.4, 0.5) is 0 Å². The monoisotopic (exact) mass is 275 g/mol. The largest absolute Gasteiger partial charge is 1.00 e. The van der Waals surface area contributed by atoms with Gasteiger partial charge < -0.3 is 24.0 Å². The predicted octanol–water partition coefficient (Wildman–Crippen LogP) is -1.31. The van der Waals surface area contributed by atoms with E-state index in [1.165, 1.54) is 31.4 Å². The Morgan fingerprint density at radius 2 is 2.00 bits per heavy atom. The number of rotatable bonds is 0. The lowest BCUT2D eigenvalue weighted by Crippen LogP contribution is -3.00. The summed E-state index contributed by atoms with van der Waals surface area (Å²) in [5.74, 6) is 0. The van der Waals surface area contributed by atoms with E-state index in [0.29, 0.717) is 0 Å². The van der Waals surface area contributed by atoms with Crippen LogP contribution in [0.3, 0.4) is 0 Å². The molecule has 0 aliphatic heterocycles. The van der Waals surface area contributed by atoms with Crippen molar-refractivity contribution in [1.82, 2.24) is 0 Å². The highest BCUT2D eigenvalue weighted by molar-refractivity contribution is 5.28. The standard InChI is InChI=1S/C10H13N.HI/c1-8-10-5-3-2-4-9(10)6-7-11-8;/h6-7H,2-5H2,1H3;1H. The molecular formula is C10H14IN. The van der Waals surface area contributed by atoms with Gasteiger partial charge in [-0.1, -0.05) is 0 Å². The number of hydrogen-bond donors (Lipinski definition) is 0. The molecule has 0 aromatic carbocycles. The minimum Gasteiger partial charge on any atom is -1.00 e. The molecule has 0 atom stereocenters. The average Bonchev–Trinajstić information content (AvgIpc) is 2.06. The summed E-state index contributed by atoms with van der Waals surface area (Å²) in [7, 11) is 0. The summed E-state index contributed by atoms with van der Waals surface area (Å²) in [5, 5.41) is 0. The van der Waals surface area contributed by atoms with Crippen molar-refractivity contribution in [3.63, 3.8) is 0 Å². The molecule has 12 heavy (non-hydrogen) atoms. The molecule has 0 saturated heterocycles. The molecule has 0 unspecified atom stereocenters. The van der Waals surface area contributed by atoms with Crippen molar-refractivity contribution < 1.29 is 29.0 Å². The van der Waals surface area contributed by atoms with E-state index in [4.69, 9.17) is 0 Å². The van der Waals surface area contributed by atoms with Crippen molar-refractivity contribution in [3.05, 3.63) is 29.1 Å². The number of pyridine rings is 1. The van der Waals surface area contributed by atoms with E-state index in [2.05, 4.69) is 24.2 Å². The summed E-state index contributed by atoms with van der Waals surface area (Å²) >= 11 is 0. The van der Waals surface area contributed by atoms with Crippen LogP contribution < -0.4 is 29.0 Å². The second kappa shape index (κ2) is 4.21. The summed E-state index contributed by atoms with van der Waals surface area (Å²) in [6.45, 7) is 2.17. The van der Waals surface area contributed by atoms with Gasteiger partial charge in [0.2, 0.25) is 0 Å². The van der Waals surface area contributed by atoms with Crippen LogP contribution in [0.1, 0.15) is 29.7 Å². The maximum absolute atomic E-state index is 3.26. The van der Waals surface area contributed by atoms with Gasteiger partial charge in [-0.05, 0) is 31.2 Å². The molecule has 1 aromatic heterocycles. The maximum atomic E-state index is 3.26. The number of hydrogen-bond acceptors (Lipinski definition) is 0. The zero-order valence-electron chi connectivity index (χ0n) is 7.36. The van der Waals surface area contributed by atoms with Crippen molar-refractivity contribution in [1.29, 1.82) is 0 Å². The van der Waals surface area contributed by atoms with Crippen molar-refractivity contribution >= 4 is 0 Å². The first-order valence-electron chi connectivity index (χ1n) is 4.37. The summed E-state index contributed by atoms with van der Waals surface area (Å²) in [5.41, 5.74) is 4.49. The second-order valence-electron chi connectivity index (χ2n) is 3.31. The molecule has 2 rings (SSSR count). The first kappa shape index (κ1) is 9.96. The summed E-state index contributed by atoms with van der Waals surface area (Å²) in [6, 6.07) is 2.22. The zero-order chi connectivity index (χ0) is 7.68. The lowest BCUT2D eigenvalue weighted by atomic mass is 9.91. The minimum atomic E-state index is 0. The fraction of sp³-hybridized carbons (Fsp3) is 0.500. The van der Waals surface area contributed by atoms with Gasteiger partial charge in [0.25, 0.3) is 0 Å². The molecule has 66 valence electrons. The smallest absolute Gasteiger partial charge is 0.179 e. The van der Waals surface area contributed by atoms with Crippen LogP contribution in [0.2, 0.25) is 0 Å². The van der Waals surface area contributed by atoms with Gasteiger partial charge >= 0.3 is 0 Å². The highest BCUT2D eigenvalue weighted by Crippen LogP contribution is 2.20. The van der Waals surface area contributed by atoms with Crippen LogP contribution in [0.25, 0.3) is 0 Å². The van der Waals surface area contributed by atoms with Crippen LogP contribution >= 0.6 is 0 Å². The third kappa shape index (κ3) is 1.79. The number of aryl methyl sites for hydroxylation is 2. The van der Waals surface area contributed by atoms with Crippen molar-refractivity contribution in [2.75, 3.05) is 0 Å². The Morgan fingerprint density at radius 3 is 2.75 bits per heavy atom. The zero-order valence-corrected chi connectivity index (χ0v) is 9.52. The SMILES string of the molecule is Cc1[nH+]ccc2c1CCCC2.[I-]. The normalized spacial score (nSPS) is 14.8. The number of aromatic nitrogens is 1. The molecule has 1 aliphatic rings. The van der Waals surface area contributed by atoms with Crippen LogP contribution in [0.15, 0.2) is 12.3 Å². The van der Waals surface area contributed by atoms with Gasteiger partial charge in [0.05, 0.1) is 0 Å². The van der Waals surface area contributed by atoms with Gasteiger partial charge in [-0.3, -0.25) is 0 Å². The van der Waals surface area contributed by atoms with E-state index in [1.807, 2.05) is 0 Å². The van der Waals surface area contributed by atoms with Crippen LogP contribution in [-0.2, 0) is 12.8 Å². The first-order valence-corrected chi connectivity index (χ1v) is 4.37. The second-order valence-corrected chi connectivity index (χ2v) is 3.31. The molecule has 1 nitrogen and oxygen atoms in total. The Balaban J connectivity index is 0.000000720. The lowest BCUT2D eigenvalue weighted by Gasteiger charge is -2.13. The number of nitrogens with one attached hydrogen (secondary N) is 1. The van der Waals surface area contributed by atoms with E-state index in [1.54, 1.807) is 11.1 Å². The average molecular weight is 275 g/mol. The molecule has 0 fully saturated rings. The number of fused-ring (bicyclic) bond motifs is 1. The Kier molecular flexibility index (Phi) is 3.50. The van der Waals surface area contributed by atoms with E-state index in [9.17, 15) is 0 Å². The molecule has 0 amide bonds. The van der Waals surface area contributed by atoms with Crippen molar-refractivity contribution in [3.8, 4) is 0 Å².